The maximum atomic E-state index is 15.3. The number of likely N-dealkylation sites (tertiary alicyclic amines) is 1. The number of piperidine rings is 1. The van der Waals surface area contributed by atoms with Gasteiger partial charge in [-0.2, -0.15) is 4.98 Å². The molecule has 0 aliphatic carbocycles. The van der Waals surface area contributed by atoms with Gasteiger partial charge in [0.1, 0.15) is 23.9 Å². The maximum absolute atomic E-state index is 15.3. The predicted octanol–water partition coefficient (Wildman–Crippen LogP) is 2.63. The number of anilines is 1. The van der Waals surface area contributed by atoms with E-state index in [9.17, 15) is 13.6 Å². The molecule has 5 rings (SSSR count). The molecule has 1 saturated heterocycles. The van der Waals surface area contributed by atoms with Crippen molar-refractivity contribution in [2.75, 3.05) is 32.1 Å². The monoisotopic (exact) mass is 491 g/mol. The Labute approximate surface area is 201 Å². The molecule has 2 atom stereocenters. The largest absolute Gasteiger partial charge is 0.479 e. The number of alkyl halides is 2. The van der Waals surface area contributed by atoms with E-state index in [1.165, 1.54) is 16.5 Å². The summed E-state index contributed by atoms with van der Waals surface area (Å²) in [5.41, 5.74) is 1.09. The van der Waals surface area contributed by atoms with Gasteiger partial charge in [0.05, 0.1) is 47.6 Å². The molecule has 1 N–H and O–H groups in total. The predicted molar refractivity (Wildman–Crippen MR) is 121 cm³/mol. The molecule has 1 amide bonds. The first kappa shape index (κ1) is 19.4. The number of carbonyl (C=O) groups excluding carboxylic acids is 1. The number of methoxy groups -OCH3 is 1. The topological polar surface area (TPSA) is 102 Å². The molecule has 1 fully saturated rings. The zero-order valence-corrected chi connectivity index (χ0v) is 18.6. The number of halogens is 3. The van der Waals surface area contributed by atoms with E-state index in [1.807, 2.05) is 0 Å². The van der Waals surface area contributed by atoms with Crippen LogP contribution in [0.5, 0.6) is 5.88 Å². The molecule has 35 heavy (non-hydrogen) atoms. The van der Waals surface area contributed by atoms with Crippen LogP contribution in [0, 0.1) is 5.82 Å². The molecule has 4 heterocycles. The number of rotatable bonds is 6. The van der Waals surface area contributed by atoms with Gasteiger partial charge in [0, 0.05) is 13.5 Å². The molecule has 0 radical (unpaired) electrons. The van der Waals surface area contributed by atoms with Crippen LogP contribution in [-0.2, 0) is 11.3 Å². The number of hydrogen-bond donors (Lipinski definition) is 1. The third-order valence-electron chi connectivity index (χ3n) is 6.05. The summed E-state index contributed by atoms with van der Waals surface area (Å²) in [5.74, 6) is -1.63. The van der Waals surface area contributed by atoms with E-state index in [0.29, 0.717) is 23.1 Å². The van der Waals surface area contributed by atoms with Crippen LogP contribution in [0.2, 0.25) is 0 Å². The second-order valence-electron chi connectivity index (χ2n) is 8.21. The number of ether oxygens (including phenoxy) is 1. The molecular formula is C22H23F3N8O2. The summed E-state index contributed by atoms with van der Waals surface area (Å²) < 4.78 is 73.3. The molecule has 10 nitrogen and oxygen atoms in total. The summed E-state index contributed by atoms with van der Waals surface area (Å²) in [4.78, 5) is 17.1. The van der Waals surface area contributed by atoms with Gasteiger partial charge < -0.3 is 15.0 Å². The Morgan fingerprint density at radius 1 is 1.40 bits per heavy atom. The number of hydrogen-bond acceptors (Lipinski definition) is 7. The van der Waals surface area contributed by atoms with Gasteiger partial charge in [0.2, 0.25) is 17.7 Å². The van der Waals surface area contributed by atoms with Crippen LogP contribution >= 0.6 is 0 Å². The number of amides is 1. The standard InChI is InChI=1S/C22H23F3N8O2/c1-12(34)31-7-5-16(14(24)10-31)26-22-27-21(35-2)20-19(15(25)11-33(20)29-22)13-3-4-17-18(9-13)32(8-6-23)30-28-17/h3-4,9,11,14,16H,5-8,10H2,1-2H3,(H,26,29)/t14-,16+/m1/s1/i2D3. The fourth-order valence-electron chi connectivity index (χ4n) is 4.31. The third kappa shape index (κ3) is 4.10. The summed E-state index contributed by atoms with van der Waals surface area (Å²) in [7, 11) is -2.94. The van der Waals surface area contributed by atoms with E-state index < -0.39 is 37.6 Å². The summed E-state index contributed by atoms with van der Waals surface area (Å²) in [5, 5.41) is 14.9. The van der Waals surface area contributed by atoms with E-state index in [1.54, 1.807) is 18.2 Å². The lowest BCUT2D eigenvalue weighted by Crippen LogP contribution is -2.49. The van der Waals surface area contributed by atoms with Gasteiger partial charge in [-0.3, -0.25) is 4.79 Å². The number of aromatic nitrogens is 6. The number of aryl methyl sites for hydroxylation is 1. The maximum Gasteiger partial charge on any atom is 0.244 e. The lowest BCUT2D eigenvalue weighted by Gasteiger charge is -2.34. The van der Waals surface area contributed by atoms with Gasteiger partial charge >= 0.3 is 0 Å². The molecule has 3 aromatic heterocycles. The quantitative estimate of drug-likeness (QED) is 0.442. The second kappa shape index (κ2) is 9.04. The van der Waals surface area contributed by atoms with E-state index in [2.05, 4.69) is 25.7 Å². The summed E-state index contributed by atoms with van der Waals surface area (Å²) in [6, 6.07) is 3.90. The first-order valence-corrected chi connectivity index (χ1v) is 10.9. The van der Waals surface area contributed by atoms with Crippen LogP contribution in [0.25, 0.3) is 27.7 Å². The van der Waals surface area contributed by atoms with Crippen molar-refractivity contribution < 1.29 is 26.8 Å². The van der Waals surface area contributed by atoms with Crippen LogP contribution in [0.1, 0.15) is 17.5 Å². The van der Waals surface area contributed by atoms with E-state index in [0.717, 1.165) is 10.7 Å². The summed E-state index contributed by atoms with van der Waals surface area (Å²) >= 11 is 0. The highest BCUT2D eigenvalue weighted by Gasteiger charge is 2.31. The van der Waals surface area contributed by atoms with E-state index in [-0.39, 0.29) is 42.4 Å². The smallest absolute Gasteiger partial charge is 0.244 e. The molecule has 4 aromatic rings. The number of fused-ring (bicyclic) bond motifs is 2. The van der Waals surface area contributed by atoms with E-state index in [4.69, 9.17) is 8.85 Å². The number of benzene rings is 1. The van der Waals surface area contributed by atoms with Gasteiger partial charge in [-0.15, -0.1) is 10.2 Å². The van der Waals surface area contributed by atoms with E-state index >= 15 is 4.39 Å². The van der Waals surface area contributed by atoms with Crippen molar-refractivity contribution in [2.24, 2.45) is 0 Å². The van der Waals surface area contributed by atoms with Crippen LogP contribution in [0.4, 0.5) is 19.1 Å². The molecule has 0 unspecified atom stereocenters. The van der Waals surface area contributed by atoms with Crippen LogP contribution in [0.3, 0.4) is 0 Å². The first-order valence-electron chi connectivity index (χ1n) is 12.4. The first-order chi connectivity index (χ1) is 18.0. The molecular weight excluding hydrogens is 465 g/mol. The zero-order chi connectivity index (χ0) is 27.2. The summed E-state index contributed by atoms with van der Waals surface area (Å²) in [6.07, 6.45) is -0.162. The second-order valence-corrected chi connectivity index (χ2v) is 8.21. The van der Waals surface area contributed by atoms with Gasteiger partial charge in [-0.1, -0.05) is 11.3 Å². The average Bonchev–Trinajstić information content (AvgIpc) is 3.39. The fourth-order valence-corrected chi connectivity index (χ4v) is 4.31. The Morgan fingerprint density at radius 3 is 3.00 bits per heavy atom. The zero-order valence-electron chi connectivity index (χ0n) is 21.6. The lowest BCUT2D eigenvalue weighted by molar-refractivity contribution is -0.131. The van der Waals surface area contributed by atoms with Crippen molar-refractivity contribution >= 4 is 28.4 Å². The van der Waals surface area contributed by atoms with Crippen molar-refractivity contribution in [3.05, 3.63) is 30.2 Å². The van der Waals surface area contributed by atoms with Crippen LogP contribution < -0.4 is 10.1 Å². The molecule has 1 aromatic carbocycles. The van der Waals surface area contributed by atoms with Crippen molar-refractivity contribution in [1.29, 1.82) is 0 Å². The lowest BCUT2D eigenvalue weighted by atomic mass is 10.0. The molecule has 184 valence electrons. The van der Waals surface area contributed by atoms with Gasteiger partial charge in [-0.05, 0) is 24.1 Å². The third-order valence-corrected chi connectivity index (χ3v) is 6.05. The average molecular weight is 491 g/mol. The number of nitrogens with zero attached hydrogens (tertiary/aromatic N) is 7. The number of carbonyl (C=O) groups is 1. The Bertz CT molecular complexity index is 1510. The molecule has 0 saturated carbocycles. The highest BCUT2D eigenvalue weighted by atomic mass is 19.1. The fraction of sp³-hybridized carbons (Fsp3) is 0.409. The molecule has 0 spiro atoms. The number of nitrogens with one attached hydrogen (secondary N) is 1. The highest BCUT2D eigenvalue weighted by molar-refractivity contribution is 5.89. The minimum atomic E-state index is -2.94. The molecule has 1 aliphatic heterocycles. The SMILES string of the molecule is [2H]C([2H])([2H])Oc1nc(N[C@H]2CCN(C(C)=O)C[C@H]2F)nn2cc(F)c(-c3ccc4nnn(CCF)c4c3)c12. The molecule has 13 heteroatoms. The van der Waals surface area contributed by atoms with Crippen molar-refractivity contribution in [3.8, 4) is 17.0 Å². The minimum Gasteiger partial charge on any atom is -0.479 e. The summed E-state index contributed by atoms with van der Waals surface area (Å²) in [6.45, 7) is 0.821. The Kier molecular flexibility index (Phi) is 5.01. The van der Waals surface area contributed by atoms with Crippen LogP contribution in [-0.4, -0.2) is 79.4 Å². The minimum absolute atomic E-state index is 0.0502. The van der Waals surface area contributed by atoms with Crippen molar-refractivity contribution in [2.45, 2.75) is 32.1 Å². The van der Waals surface area contributed by atoms with Gasteiger partial charge in [0.15, 0.2) is 5.82 Å². The molecule has 1 aliphatic rings. The van der Waals surface area contributed by atoms with Gasteiger partial charge in [-0.25, -0.2) is 22.4 Å². The normalized spacial score (nSPS) is 20.0. The Hall–Kier alpha value is -3.90. The Balaban J connectivity index is 1.57. The van der Waals surface area contributed by atoms with Crippen molar-refractivity contribution in [1.82, 2.24) is 34.5 Å². The molecule has 0 bridgehead atoms. The van der Waals surface area contributed by atoms with Gasteiger partial charge in [0.25, 0.3) is 0 Å². The van der Waals surface area contributed by atoms with Crippen molar-refractivity contribution in [3.63, 3.8) is 0 Å². The van der Waals surface area contributed by atoms with Crippen LogP contribution in [0.15, 0.2) is 24.4 Å². The Morgan fingerprint density at radius 2 is 2.26 bits per heavy atom. The highest BCUT2D eigenvalue weighted by Crippen LogP contribution is 2.35.